The van der Waals surface area contributed by atoms with E-state index in [0.29, 0.717) is 5.69 Å². The molecule has 2 rings (SSSR count). The standard InChI is InChI=1S/C12H17N3O2/c1-2-15-7-11(8-15)17-10-5-3-9(4-6-10)14-12(13)16/h3-6,11H,2,7-8H2,1H3,(H3,13,14,16). The molecule has 0 aromatic heterocycles. The van der Waals surface area contributed by atoms with Gasteiger partial charge in [-0.15, -0.1) is 0 Å². The van der Waals surface area contributed by atoms with Crippen molar-refractivity contribution in [2.75, 3.05) is 25.0 Å². The van der Waals surface area contributed by atoms with E-state index >= 15 is 0 Å². The molecule has 17 heavy (non-hydrogen) atoms. The summed E-state index contributed by atoms with van der Waals surface area (Å²) in [5.74, 6) is 0.820. The smallest absolute Gasteiger partial charge is 0.316 e. The monoisotopic (exact) mass is 235 g/mol. The molecule has 1 saturated heterocycles. The molecule has 0 spiro atoms. The summed E-state index contributed by atoms with van der Waals surface area (Å²) >= 11 is 0. The van der Waals surface area contributed by atoms with Crippen molar-refractivity contribution in [3.63, 3.8) is 0 Å². The molecule has 1 fully saturated rings. The SMILES string of the molecule is CCN1CC(Oc2ccc(NC(N)=O)cc2)C1. The third kappa shape index (κ3) is 3.10. The molecule has 0 bridgehead atoms. The second-order valence-electron chi connectivity index (χ2n) is 4.11. The van der Waals surface area contributed by atoms with Crippen LogP contribution in [0, 0.1) is 0 Å². The van der Waals surface area contributed by atoms with Crippen molar-refractivity contribution < 1.29 is 9.53 Å². The maximum atomic E-state index is 10.6. The predicted octanol–water partition coefficient (Wildman–Crippen LogP) is 1.26. The molecular weight excluding hydrogens is 218 g/mol. The highest BCUT2D eigenvalue weighted by atomic mass is 16.5. The number of carbonyl (C=O) groups is 1. The maximum Gasteiger partial charge on any atom is 0.316 e. The van der Waals surface area contributed by atoms with Crippen molar-refractivity contribution in [1.29, 1.82) is 0 Å². The van der Waals surface area contributed by atoms with Gasteiger partial charge in [-0.2, -0.15) is 0 Å². The summed E-state index contributed by atoms with van der Waals surface area (Å²) in [4.78, 5) is 12.9. The molecule has 2 amide bonds. The molecule has 1 aliphatic rings. The van der Waals surface area contributed by atoms with Crippen molar-refractivity contribution >= 4 is 11.7 Å². The molecule has 0 radical (unpaired) electrons. The Kier molecular flexibility index (Phi) is 3.49. The molecular formula is C12H17N3O2. The van der Waals surface area contributed by atoms with Crippen LogP contribution in [0.25, 0.3) is 0 Å². The quantitative estimate of drug-likeness (QED) is 0.825. The lowest BCUT2D eigenvalue weighted by molar-refractivity contribution is 0.0238. The van der Waals surface area contributed by atoms with Gasteiger partial charge >= 0.3 is 6.03 Å². The highest BCUT2D eigenvalue weighted by Crippen LogP contribution is 2.20. The Balaban J connectivity index is 1.84. The summed E-state index contributed by atoms with van der Waals surface area (Å²) in [5.41, 5.74) is 5.69. The molecule has 5 nitrogen and oxygen atoms in total. The lowest BCUT2D eigenvalue weighted by Crippen LogP contribution is -2.53. The number of primary amides is 1. The van der Waals surface area contributed by atoms with Gasteiger partial charge in [0.05, 0.1) is 0 Å². The molecule has 0 atom stereocenters. The number of ether oxygens (including phenoxy) is 1. The first-order valence-electron chi connectivity index (χ1n) is 5.73. The average molecular weight is 235 g/mol. The summed E-state index contributed by atoms with van der Waals surface area (Å²) in [7, 11) is 0. The Hall–Kier alpha value is -1.75. The van der Waals surface area contributed by atoms with Crippen molar-refractivity contribution in [3.8, 4) is 5.75 Å². The van der Waals surface area contributed by atoms with Gasteiger partial charge in [-0.05, 0) is 30.8 Å². The second-order valence-corrected chi connectivity index (χ2v) is 4.11. The number of nitrogens with one attached hydrogen (secondary N) is 1. The largest absolute Gasteiger partial charge is 0.488 e. The highest BCUT2D eigenvalue weighted by molar-refractivity contribution is 5.87. The predicted molar refractivity (Wildman–Crippen MR) is 66.2 cm³/mol. The number of benzene rings is 1. The Labute approximate surface area is 101 Å². The van der Waals surface area contributed by atoms with Gasteiger partial charge in [0, 0.05) is 18.8 Å². The van der Waals surface area contributed by atoms with Crippen LogP contribution in [-0.2, 0) is 0 Å². The number of urea groups is 1. The zero-order chi connectivity index (χ0) is 12.3. The van der Waals surface area contributed by atoms with Crippen LogP contribution in [0.2, 0.25) is 0 Å². The lowest BCUT2D eigenvalue weighted by atomic mass is 10.1. The summed E-state index contributed by atoms with van der Waals surface area (Å²) in [6.45, 7) is 5.18. The summed E-state index contributed by atoms with van der Waals surface area (Å²) in [6, 6.07) is 6.66. The summed E-state index contributed by atoms with van der Waals surface area (Å²) < 4.78 is 5.76. The fourth-order valence-corrected chi connectivity index (χ4v) is 1.81. The number of nitrogens with two attached hydrogens (primary N) is 1. The van der Waals surface area contributed by atoms with Crippen LogP contribution < -0.4 is 15.8 Å². The molecule has 1 aromatic rings. The van der Waals surface area contributed by atoms with Gasteiger partial charge in [0.15, 0.2) is 0 Å². The minimum atomic E-state index is -0.559. The third-order valence-electron chi connectivity index (χ3n) is 2.80. The third-order valence-corrected chi connectivity index (χ3v) is 2.80. The van der Waals surface area contributed by atoms with Crippen LogP contribution in [0.4, 0.5) is 10.5 Å². The number of hydrogen-bond acceptors (Lipinski definition) is 3. The van der Waals surface area contributed by atoms with E-state index in [0.717, 1.165) is 25.4 Å². The molecule has 92 valence electrons. The normalized spacial score (nSPS) is 16.3. The fraction of sp³-hybridized carbons (Fsp3) is 0.417. The first-order valence-corrected chi connectivity index (χ1v) is 5.73. The van der Waals surface area contributed by atoms with E-state index in [1.807, 2.05) is 12.1 Å². The van der Waals surface area contributed by atoms with E-state index in [1.165, 1.54) is 0 Å². The van der Waals surface area contributed by atoms with E-state index in [9.17, 15) is 4.79 Å². The Morgan fingerprint density at radius 3 is 2.65 bits per heavy atom. The van der Waals surface area contributed by atoms with E-state index in [-0.39, 0.29) is 6.10 Å². The number of amides is 2. The number of carbonyl (C=O) groups excluding carboxylic acids is 1. The minimum Gasteiger partial charge on any atom is -0.488 e. The number of nitrogens with zero attached hydrogens (tertiary/aromatic N) is 1. The molecule has 1 aromatic carbocycles. The highest BCUT2D eigenvalue weighted by Gasteiger charge is 2.26. The molecule has 3 N–H and O–H groups in total. The number of rotatable bonds is 4. The number of likely N-dealkylation sites (tertiary alicyclic amines) is 1. The van der Waals surface area contributed by atoms with Crippen LogP contribution >= 0.6 is 0 Å². The van der Waals surface area contributed by atoms with Crippen LogP contribution in [0.15, 0.2) is 24.3 Å². The van der Waals surface area contributed by atoms with Gasteiger partial charge < -0.3 is 15.8 Å². The summed E-state index contributed by atoms with van der Waals surface area (Å²) in [5, 5.41) is 2.50. The van der Waals surface area contributed by atoms with Crippen molar-refractivity contribution in [1.82, 2.24) is 4.90 Å². The molecule has 0 aliphatic carbocycles. The Morgan fingerprint density at radius 2 is 2.12 bits per heavy atom. The molecule has 1 aliphatic heterocycles. The maximum absolute atomic E-state index is 10.6. The van der Waals surface area contributed by atoms with Gasteiger partial charge in [-0.3, -0.25) is 4.90 Å². The van der Waals surface area contributed by atoms with E-state index in [2.05, 4.69) is 17.1 Å². The zero-order valence-electron chi connectivity index (χ0n) is 9.85. The molecule has 0 saturated carbocycles. The molecule has 0 unspecified atom stereocenters. The zero-order valence-corrected chi connectivity index (χ0v) is 9.85. The van der Waals surface area contributed by atoms with Gasteiger partial charge in [0.2, 0.25) is 0 Å². The first kappa shape index (κ1) is 11.7. The van der Waals surface area contributed by atoms with Crippen LogP contribution in [0.3, 0.4) is 0 Å². The van der Waals surface area contributed by atoms with Crippen LogP contribution in [-0.4, -0.2) is 36.7 Å². The lowest BCUT2D eigenvalue weighted by Gasteiger charge is -2.38. The topological polar surface area (TPSA) is 67.6 Å². The van der Waals surface area contributed by atoms with Gasteiger partial charge in [0.25, 0.3) is 0 Å². The fourth-order valence-electron chi connectivity index (χ4n) is 1.81. The van der Waals surface area contributed by atoms with Gasteiger partial charge in [-0.1, -0.05) is 6.92 Å². The van der Waals surface area contributed by atoms with Gasteiger partial charge in [0.1, 0.15) is 11.9 Å². The average Bonchev–Trinajstić information content (AvgIpc) is 2.24. The summed E-state index contributed by atoms with van der Waals surface area (Å²) in [6.07, 6.45) is 0.282. The number of anilines is 1. The van der Waals surface area contributed by atoms with E-state index < -0.39 is 6.03 Å². The molecule has 5 heteroatoms. The second kappa shape index (κ2) is 5.05. The van der Waals surface area contributed by atoms with Gasteiger partial charge in [-0.25, -0.2) is 4.79 Å². The molecule has 1 heterocycles. The van der Waals surface area contributed by atoms with Crippen LogP contribution in [0.1, 0.15) is 6.92 Å². The number of likely N-dealkylation sites (N-methyl/N-ethyl adjacent to an activating group) is 1. The Morgan fingerprint density at radius 1 is 1.47 bits per heavy atom. The van der Waals surface area contributed by atoms with E-state index in [4.69, 9.17) is 10.5 Å². The minimum absolute atomic E-state index is 0.282. The van der Waals surface area contributed by atoms with Crippen molar-refractivity contribution in [2.24, 2.45) is 5.73 Å². The Bertz CT molecular complexity index is 385. The van der Waals surface area contributed by atoms with Crippen molar-refractivity contribution in [3.05, 3.63) is 24.3 Å². The first-order chi connectivity index (χ1) is 8.17. The van der Waals surface area contributed by atoms with E-state index in [1.54, 1.807) is 12.1 Å². The van der Waals surface area contributed by atoms with Crippen LogP contribution in [0.5, 0.6) is 5.75 Å². The van der Waals surface area contributed by atoms with Crippen molar-refractivity contribution in [2.45, 2.75) is 13.0 Å². The number of hydrogen-bond donors (Lipinski definition) is 2.